The van der Waals surface area contributed by atoms with Crippen LogP contribution in [0, 0.1) is 5.92 Å². The molecule has 4 rings (SSSR count). The van der Waals surface area contributed by atoms with E-state index < -0.39 is 30.6 Å². The predicted molar refractivity (Wildman–Crippen MR) is 107 cm³/mol. The summed E-state index contributed by atoms with van der Waals surface area (Å²) in [5, 5.41) is 10.5. The van der Waals surface area contributed by atoms with Gasteiger partial charge in [0.25, 0.3) is 5.56 Å². The van der Waals surface area contributed by atoms with Gasteiger partial charge in [-0.2, -0.15) is 13.2 Å². The fraction of sp³-hybridized carbons (Fsp3) is 0.550. The second-order valence-corrected chi connectivity index (χ2v) is 7.90. The standard InChI is InChI=1S/C20H23F3N4O4/c21-20(22,23)6-8-31-10-12-1-3-13(4-2-12)27-16-14-5-7-24-17(14)25-9-15(16)18(29)26(11-28)19(27)30/h5,7,9,12-13,28H,1-4,6,8,10-11H2,(H,24,25)/t12-,13-. The van der Waals surface area contributed by atoms with Gasteiger partial charge in [0.15, 0.2) is 0 Å². The van der Waals surface area contributed by atoms with Gasteiger partial charge < -0.3 is 14.8 Å². The number of rotatable bonds is 6. The van der Waals surface area contributed by atoms with Crippen LogP contribution in [0.15, 0.2) is 28.0 Å². The quantitative estimate of drug-likeness (QED) is 0.574. The van der Waals surface area contributed by atoms with E-state index in [0.717, 1.165) is 4.57 Å². The second kappa shape index (κ2) is 8.46. The van der Waals surface area contributed by atoms with Gasteiger partial charge >= 0.3 is 11.9 Å². The molecule has 1 saturated carbocycles. The normalized spacial score (nSPS) is 20.0. The van der Waals surface area contributed by atoms with Gasteiger partial charge in [-0.25, -0.2) is 14.3 Å². The Hall–Kier alpha value is -2.66. The summed E-state index contributed by atoms with van der Waals surface area (Å²) in [4.78, 5) is 33.0. The molecule has 0 saturated heterocycles. The number of H-pyrrole nitrogens is 1. The number of fused-ring (bicyclic) bond motifs is 3. The number of ether oxygens (including phenoxy) is 1. The Kier molecular flexibility index (Phi) is 5.89. The summed E-state index contributed by atoms with van der Waals surface area (Å²) in [6, 6.07) is 1.55. The van der Waals surface area contributed by atoms with Crippen LogP contribution in [0.25, 0.3) is 21.9 Å². The molecule has 3 heterocycles. The van der Waals surface area contributed by atoms with Crippen molar-refractivity contribution < 1.29 is 23.0 Å². The number of aromatic amines is 1. The van der Waals surface area contributed by atoms with E-state index in [-0.39, 0.29) is 30.6 Å². The maximum Gasteiger partial charge on any atom is 0.391 e. The third kappa shape index (κ3) is 4.24. The van der Waals surface area contributed by atoms with Crippen LogP contribution < -0.4 is 11.2 Å². The molecule has 0 amide bonds. The van der Waals surface area contributed by atoms with E-state index in [2.05, 4.69) is 9.97 Å². The molecule has 1 fully saturated rings. The summed E-state index contributed by atoms with van der Waals surface area (Å²) in [6.45, 7) is -0.838. The van der Waals surface area contributed by atoms with E-state index in [0.29, 0.717) is 42.2 Å². The van der Waals surface area contributed by atoms with E-state index in [4.69, 9.17) is 4.74 Å². The molecule has 2 N–H and O–H groups in total. The van der Waals surface area contributed by atoms with Crippen LogP contribution in [0.4, 0.5) is 13.2 Å². The minimum atomic E-state index is -4.23. The van der Waals surface area contributed by atoms with Crippen LogP contribution in [-0.4, -0.2) is 43.6 Å². The summed E-state index contributed by atoms with van der Waals surface area (Å²) in [5.74, 6) is 0.115. The number of aliphatic hydroxyl groups is 1. The molecule has 11 heteroatoms. The topological polar surface area (TPSA) is 102 Å². The van der Waals surface area contributed by atoms with Gasteiger partial charge in [0.2, 0.25) is 0 Å². The molecule has 0 unspecified atom stereocenters. The number of nitrogens with one attached hydrogen (secondary N) is 1. The Bertz CT molecular complexity index is 1190. The maximum atomic E-state index is 13.1. The van der Waals surface area contributed by atoms with Crippen molar-refractivity contribution in [3.05, 3.63) is 39.3 Å². The van der Waals surface area contributed by atoms with Gasteiger partial charge in [0.1, 0.15) is 12.4 Å². The SMILES string of the molecule is O=c1c2cnc3[nH]ccc3c2n([C@H]2CC[C@H](COCCC(F)(F)F)CC2)c(=O)n1CO. The molecule has 0 bridgehead atoms. The van der Waals surface area contributed by atoms with E-state index >= 15 is 0 Å². The first-order valence-electron chi connectivity index (χ1n) is 10.2. The van der Waals surface area contributed by atoms with Gasteiger partial charge in [-0.15, -0.1) is 0 Å². The van der Waals surface area contributed by atoms with Gasteiger partial charge in [-0.05, 0) is 37.7 Å². The Balaban J connectivity index is 1.60. The van der Waals surface area contributed by atoms with E-state index in [1.54, 1.807) is 16.8 Å². The maximum absolute atomic E-state index is 13.1. The smallest absolute Gasteiger partial charge is 0.381 e. The molecular weight excluding hydrogens is 417 g/mol. The molecule has 0 spiro atoms. The van der Waals surface area contributed by atoms with Crippen LogP contribution in [0.5, 0.6) is 0 Å². The third-order valence-corrected chi connectivity index (χ3v) is 5.92. The lowest BCUT2D eigenvalue weighted by Crippen LogP contribution is -2.42. The first kappa shape index (κ1) is 21.6. The number of aliphatic hydroxyl groups excluding tert-OH is 1. The van der Waals surface area contributed by atoms with E-state index in [1.165, 1.54) is 6.20 Å². The molecule has 31 heavy (non-hydrogen) atoms. The molecule has 1 aliphatic rings. The van der Waals surface area contributed by atoms with Gasteiger partial charge in [0.05, 0.1) is 23.9 Å². The largest absolute Gasteiger partial charge is 0.391 e. The molecule has 0 aromatic carbocycles. The lowest BCUT2D eigenvalue weighted by atomic mass is 9.86. The molecular formula is C20H23F3N4O4. The number of hydrogen-bond acceptors (Lipinski definition) is 5. The van der Waals surface area contributed by atoms with Crippen molar-refractivity contribution in [2.45, 2.75) is 51.1 Å². The molecule has 3 aromatic rings. The number of alkyl halides is 3. The molecule has 0 aliphatic heterocycles. The highest BCUT2D eigenvalue weighted by molar-refractivity contribution is 6.01. The zero-order chi connectivity index (χ0) is 22.2. The lowest BCUT2D eigenvalue weighted by Gasteiger charge is -2.31. The van der Waals surface area contributed by atoms with E-state index in [1.807, 2.05) is 0 Å². The third-order valence-electron chi connectivity index (χ3n) is 5.92. The second-order valence-electron chi connectivity index (χ2n) is 7.90. The number of aromatic nitrogens is 4. The molecule has 3 aromatic heterocycles. The predicted octanol–water partition coefficient (Wildman–Crippen LogP) is 2.69. The summed E-state index contributed by atoms with van der Waals surface area (Å²) >= 11 is 0. The Morgan fingerprint density at radius 2 is 1.94 bits per heavy atom. The molecule has 168 valence electrons. The summed E-state index contributed by atoms with van der Waals surface area (Å²) in [6.07, 6.45) is 0.480. The monoisotopic (exact) mass is 440 g/mol. The highest BCUT2D eigenvalue weighted by Gasteiger charge is 2.29. The summed E-state index contributed by atoms with van der Waals surface area (Å²) in [7, 11) is 0. The zero-order valence-electron chi connectivity index (χ0n) is 16.7. The Morgan fingerprint density at radius 1 is 1.19 bits per heavy atom. The minimum absolute atomic E-state index is 0.115. The number of nitrogens with zero attached hydrogens (tertiary/aromatic N) is 3. The summed E-state index contributed by atoms with van der Waals surface area (Å²) in [5.41, 5.74) is -0.149. The zero-order valence-corrected chi connectivity index (χ0v) is 16.7. The Labute approximate surface area is 174 Å². The molecule has 1 aliphatic carbocycles. The average molecular weight is 440 g/mol. The first-order chi connectivity index (χ1) is 14.8. The van der Waals surface area contributed by atoms with Crippen molar-refractivity contribution in [3.8, 4) is 0 Å². The van der Waals surface area contributed by atoms with Crippen molar-refractivity contribution in [1.82, 2.24) is 19.1 Å². The van der Waals surface area contributed by atoms with E-state index in [9.17, 15) is 27.9 Å². The molecule has 8 nitrogen and oxygen atoms in total. The van der Waals surface area contributed by atoms with Crippen LogP contribution in [0.2, 0.25) is 0 Å². The van der Waals surface area contributed by atoms with Gasteiger partial charge in [-0.3, -0.25) is 9.36 Å². The van der Waals surface area contributed by atoms with Gasteiger partial charge in [0, 0.05) is 30.4 Å². The van der Waals surface area contributed by atoms with Crippen LogP contribution in [-0.2, 0) is 11.5 Å². The van der Waals surface area contributed by atoms with Crippen molar-refractivity contribution >= 4 is 21.9 Å². The van der Waals surface area contributed by atoms with Crippen molar-refractivity contribution in [2.24, 2.45) is 5.92 Å². The minimum Gasteiger partial charge on any atom is -0.381 e. The fourth-order valence-corrected chi connectivity index (χ4v) is 4.34. The highest BCUT2D eigenvalue weighted by Crippen LogP contribution is 2.34. The summed E-state index contributed by atoms with van der Waals surface area (Å²) < 4.78 is 44.3. The van der Waals surface area contributed by atoms with Crippen molar-refractivity contribution in [2.75, 3.05) is 13.2 Å². The van der Waals surface area contributed by atoms with Crippen LogP contribution in [0.1, 0.15) is 38.1 Å². The van der Waals surface area contributed by atoms with Crippen LogP contribution >= 0.6 is 0 Å². The number of halogens is 3. The van der Waals surface area contributed by atoms with Crippen LogP contribution in [0.3, 0.4) is 0 Å². The average Bonchev–Trinajstić information content (AvgIpc) is 3.21. The first-order valence-corrected chi connectivity index (χ1v) is 10.2. The number of pyridine rings is 1. The van der Waals surface area contributed by atoms with Crippen molar-refractivity contribution in [3.63, 3.8) is 0 Å². The highest BCUT2D eigenvalue weighted by atomic mass is 19.4. The molecule has 0 radical (unpaired) electrons. The van der Waals surface area contributed by atoms with Crippen molar-refractivity contribution in [1.29, 1.82) is 0 Å². The van der Waals surface area contributed by atoms with Gasteiger partial charge in [-0.1, -0.05) is 0 Å². The number of hydrogen-bond donors (Lipinski definition) is 2. The molecule has 0 atom stereocenters. The fourth-order valence-electron chi connectivity index (χ4n) is 4.34. The Morgan fingerprint density at radius 3 is 2.61 bits per heavy atom. The lowest BCUT2D eigenvalue weighted by molar-refractivity contribution is -0.146.